The zero-order valence-electron chi connectivity index (χ0n) is 24.9. The number of nitrogens with zero attached hydrogens (tertiary/aromatic N) is 4. The second-order valence-corrected chi connectivity index (χ2v) is 12.4. The molecule has 5 aromatic rings. The van der Waals surface area contributed by atoms with Gasteiger partial charge in [0.1, 0.15) is 0 Å². The summed E-state index contributed by atoms with van der Waals surface area (Å²) < 4.78 is 1.69. The van der Waals surface area contributed by atoms with Gasteiger partial charge in [-0.25, -0.2) is 9.50 Å². The highest BCUT2D eigenvalue weighted by Gasteiger charge is 2.21. The van der Waals surface area contributed by atoms with E-state index in [0.29, 0.717) is 42.0 Å². The molecule has 1 aliphatic rings. The number of benzene rings is 2. The predicted molar refractivity (Wildman–Crippen MR) is 168 cm³/mol. The van der Waals surface area contributed by atoms with Crippen LogP contribution in [-0.2, 0) is 24.7 Å². The van der Waals surface area contributed by atoms with Crippen molar-refractivity contribution in [2.24, 2.45) is 0 Å². The topological polar surface area (TPSA) is 100 Å². The van der Waals surface area contributed by atoms with Crippen LogP contribution in [0.3, 0.4) is 0 Å². The van der Waals surface area contributed by atoms with Crippen molar-refractivity contribution in [3.8, 4) is 11.4 Å². The summed E-state index contributed by atoms with van der Waals surface area (Å²) in [5.74, 6) is 1.16. The lowest BCUT2D eigenvalue weighted by atomic mass is 9.87. The highest BCUT2D eigenvalue weighted by molar-refractivity contribution is 5.63. The van der Waals surface area contributed by atoms with Gasteiger partial charge in [0.15, 0.2) is 11.5 Å². The zero-order chi connectivity index (χ0) is 29.3. The number of aromatic amines is 1. The molecule has 0 fully saturated rings. The Morgan fingerprint density at radius 1 is 0.952 bits per heavy atom. The Labute approximate surface area is 246 Å². The van der Waals surface area contributed by atoms with Crippen molar-refractivity contribution in [2.75, 3.05) is 18.4 Å². The van der Waals surface area contributed by atoms with Crippen molar-refractivity contribution in [2.45, 2.75) is 64.8 Å². The van der Waals surface area contributed by atoms with Crippen LogP contribution >= 0.6 is 0 Å². The van der Waals surface area contributed by atoms with Gasteiger partial charge in [0.2, 0.25) is 5.95 Å². The molecule has 3 heterocycles. The summed E-state index contributed by atoms with van der Waals surface area (Å²) in [4.78, 5) is 27.4. The molecule has 6 rings (SSSR count). The molecule has 3 aromatic heterocycles. The van der Waals surface area contributed by atoms with E-state index >= 15 is 0 Å². The normalized spacial score (nSPS) is 13.5. The summed E-state index contributed by atoms with van der Waals surface area (Å²) in [5.41, 5.74) is 8.02. The van der Waals surface area contributed by atoms with Gasteiger partial charge in [0, 0.05) is 36.5 Å². The Hall–Kier alpha value is -4.30. The maximum absolute atomic E-state index is 13.2. The number of H-pyrrole nitrogens is 1. The van der Waals surface area contributed by atoms with E-state index in [1.54, 1.807) is 4.52 Å². The molecule has 0 saturated heterocycles. The van der Waals surface area contributed by atoms with Crippen LogP contribution in [0.1, 0.15) is 60.7 Å². The summed E-state index contributed by atoms with van der Waals surface area (Å²) in [6.07, 6.45) is 5.34. The first-order chi connectivity index (χ1) is 20.2. The lowest BCUT2D eigenvalue weighted by Gasteiger charge is -2.19. The van der Waals surface area contributed by atoms with Crippen molar-refractivity contribution < 1.29 is 0 Å². The molecular weight excluding hydrogens is 522 g/mol. The molecule has 2 aromatic carbocycles. The first-order valence-corrected chi connectivity index (χ1v) is 14.8. The standard InChI is InChI=1S/C34H39N7O/c1-22-10-11-23(21-37-22)18-29-31-38-30(24-12-14-27(15-13-24)34(2,3)4)39-33(41(31)40-32(29)42)36-17-7-16-35-28-19-25-8-5-6-9-26(25)20-28/h5-6,8-15,21,28,35H,7,16-20H2,1-4H3,(H,40,42)(H,36,38,39). The first kappa shape index (κ1) is 27.8. The molecule has 0 unspecified atom stereocenters. The van der Waals surface area contributed by atoms with Gasteiger partial charge in [-0.05, 0) is 66.5 Å². The minimum absolute atomic E-state index is 0.0502. The molecule has 1 aliphatic carbocycles. The molecular formula is C34H39N7O. The quantitative estimate of drug-likeness (QED) is 0.213. The predicted octanol–water partition coefficient (Wildman–Crippen LogP) is 5.24. The Morgan fingerprint density at radius 2 is 1.69 bits per heavy atom. The number of anilines is 1. The number of pyridine rings is 1. The van der Waals surface area contributed by atoms with E-state index in [1.165, 1.54) is 16.7 Å². The molecule has 3 N–H and O–H groups in total. The van der Waals surface area contributed by atoms with Gasteiger partial charge >= 0.3 is 0 Å². The third-order valence-electron chi connectivity index (χ3n) is 8.09. The number of hydrogen-bond donors (Lipinski definition) is 3. The highest BCUT2D eigenvalue weighted by atomic mass is 16.1. The molecule has 0 bridgehead atoms. The molecule has 0 spiro atoms. The van der Waals surface area contributed by atoms with Crippen molar-refractivity contribution in [3.05, 3.63) is 111 Å². The number of hydrogen-bond acceptors (Lipinski definition) is 6. The summed E-state index contributed by atoms with van der Waals surface area (Å²) >= 11 is 0. The third-order valence-corrected chi connectivity index (χ3v) is 8.09. The fourth-order valence-electron chi connectivity index (χ4n) is 5.64. The van der Waals surface area contributed by atoms with Crippen LogP contribution in [0, 0.1) is 6.92 Å². The van der Waals surface area contributed by atoms with Gasteiger partial charge in [-0.15, -0.1) is 0 Å². The summed E-state index contributed by atoms with van der Waals surface area (Å²) in [6, 6.07) is 21.5. The van der Waals surface area contributed by atoms with Gasteiger partial charge in [-0.1, -0.05) is 75.4 Å². The maximum Gasteiger partial charge on any atom is 0.270 e. The molecule has 8 heteroatoms. The van der Waals surface area contributed by atoms with E-state index in [-0.39, 0.29) is 11.0 Å². The summed E-state index contributed by atoms with van der Waals surface area (Å²) in [5, 5.41) is 10.2. The second-order valence-electron chi connectivity index (χ2n) is 12.4. The molecule has 0 radical (unpaired) electrons. The van der Waals surface area contributed by atoms with Crippen molar-refractivity contribution >= 4 is 11.6 Å². The Morgan fingerprint density at radius 3 is 2.36 bits per heavy atom. The fourth-order valence-corrected chi connectivity index (χ4v) is 5.64. The fraction of sp³-hybridized carbons (Fsp3) is 0.353. The van der Waals surface area contributed by atoms with E-state index in [9.17, 15) is 4.79 Å². The number of rotatable bonds is 9. The van der Waals surface area contributed by atoms with Gasteiger partial charge in [0.05, 0.1) is 5.56 Å². The Kier molecular flexibility index (Phi) is 7.64. The molecule has 0 saturated carbocycles. The average Bonchev–Trinajstić information content (AvgIpc) is 3.53. The van der Waals surface area contributed by atoms with Crippen molar-refractivity contribution in [3.63, 3.8) is 0 Å². The van der Waals surface area contributed by atoms with E-state index < -0.39 is 0 Å². The zero-order valence-corrected chi connectivity index (χ0v) is 24.9. The molecule has 8 nitrogen and oxygen atoms in total. The van der Waals surface area contributed by atoms with Gasteiger partial charge in [0.25, 0.3) is 5.56 Å². The van der Waals surface area contributed by atoms with Gasteiger partial charge < -0.3 is 10.6 Å². The van der Waals surface area contributed by atoms with Crippen molar-refractivity contribution in [1.29, 1.82) is 0 Å². The lowest BCUT2D eigenvalue weighted by molar-refractivity contribution is 0.527. The Bertz CT molecular complexity index is 1720. The van der Waals surface area contributed by atoms with E-state index in [0.717, 1.165) is 42.6 Å². The maximum atomic E-state index is 13.2. The Balaban J connectivity index is 1.23. The van der Waals surface area contributed by atoms with E-state index in [1.807, 2.05) is 25.3 Å². The van der Waals surface area contributed by atoms with Crippen LogP contribution in [-0.4, -0.2) is 43.7 Å². The number of fused-ring (bicyclic) bond motifs is 2. The molecule has 42 heavy (non-hydrogen) atoms. The number of nitrogens with one attached hydrogen (secondary N) is 3. The number of aromatic nitrogens is 5. The van der Waals surface area contributed by atoms with Gasteiger partial charge in [-0.2, -0.15) is 4.98 Å². The van der Waals surface area contributed by atoms with Crippen LogP contribution in [0.25, 0.3) is 17.0 Å². The minimum atomic E-state index is -0.171. The van der Waals surface area contributed by atoms with Crippen molar-refractivity contribution in [1.82, 2.24) is 29.9 Å². The van der Waals surface area contributed by atoms with E-state index in [2.05, 4.69) is 90.0 Å². The first-order valence-electron chi connectivity index (χ1n) is 14.8. The van der Waals surface area contributed by atoms with Crippen LogP contribution in [0.5, 0.6) is 0 Å². The molecule has 0 amide bonds. The smallest absolute Gasteiger partial charge is 0.270 e. The lowest BCUT2D eigenvalue weighted by Crippen LogP contribution is -2.31. The largest absolute Gasteiger partial charge is 0.354 e. The minimum Gasteiger partial charge on any atom is -0.354 e. The van der Waals surface area contributed by atoms with Crippen LogP contribution in [0.4, 0.5) is 5.95 Å². The SMILES string of the molecule is Cc1ccc(Cc2c(=O)[nH]n3c(NCCCNC4Cc5ccccc5C4)nc(-c4ccc(C(C)(C)C)cc4)nc23)cn1. The van der Waals surface area contributed by atoms with E-state index in [4.69, 9.17) is 9.97 Å². The molecule has 0 aliphatic heterocycles. The second kappa shape index (κ2) is 11.5. The third kappa shape index (κ3) is 5.99. The monoisotopic (exact) mass is 561 g/mol. The van der Waals surface area contributed by atoms with Crippen LogP contribution in [0.2, 0.25) is 0 Å². The highest BCUT2D eigenvalue weighted by Crippen LogP contribution is 2.26. The average molecular weight is 562 g/mol. The molecule has 216 valence electrons. The number of aryl methyl sites for hydroxylation is 1. The van der Waals surface area contributed by atoms with Crippen LogP contribution < -0.4 is 16.2 Å². The summed E-state index contributed by atoms with van der Waals surface area (Å²) in [6.45, 7) is 10.2. The van der Waals surface area contributed by atoms with Crippen LogP contribution in [0.15, 0.2) is 71.7 Å². The summed E-state index contributed by atoms with van der Waals surface area (Å²) in [7, 11) is 0. The van der Waals surface area contributed by atoms with Gasteiger partial charge in [-0.3, -0.25) is 14.9 Å². The molecule has 0 atom stereocenters.